The quantitative estimate of drug-likeness (QED) is 0.570. The maximum atomic E-state index is 11.9. The number of amides is 1. The zero-order chi connectivity index (χ0) is 14.2. The highest BCUT2D eigenvalue weighted by molar-refractivity contribution is 8.03. The zero-order valence-corrected chi connectivity index (χ0v) is 11.9. The third-order valence-corrected chi connectivity index (χ3v) is 4.87. The van der Waals surface area contributed by atoms with Crippen LogP contribution >= 0.6 is 11.8 Å². The fraction of sp³-hybridized carbons (Fsp3) is 0.692. The highest BCUT2D eigenvalue weighted by atomic mass is 32.2. The molecule has 5 nitrogen and oxygen atoms in total. The second kappa shape index (κ2) is 5.54. The van der Waals surface area contributed by atoms with E-state index >= 15 is 0 Å². The van der Waals surface area contributed by atoms with Gasteiger partial charge in [-0.1, -0.05) is 13.3 Å². The lowest BCUT2D eigenvalue weighted by Gasteiger charge is -2.44. The SMILES string of the molecule is CCCCSC1=C(C(=O)O)N2C(=O)C(C(C)O)C2C1. The van der Waals surface area contributed by atoms with Crippen LogP contribution in [-0.2, 0) is 9.59 Å². The molecule has 0 radical (unpaired) electrons. The number of aliphatic hydroxyl groups is 1. The van der Waals surface area contributed by atoms with Crippen LogP contribution in [0.2, 0.25) is 0 Å². The summed E-state index contributed by atoms with van der Waals surface area (Å²) in [5.74, 6) is -0.877. The van der Waals surface area contributed by atoms with E-state index in [-0.39, 0.29) is 17.6 Å². The van der Waals surface area contributed by atoms with Gasteiger partial charge < -0.3 is 15.1 Å². The molecule has 0 aliphatic carbocycles. The molecule has 2 N–H and O–H groups in total. The summed E-state index contributed by atoms with van der Waals surface area (Å²) in [6.07, 6.45) is 1.94. The molecule has 3 unspecified atom stereocenters. The van der Waals surface area contributed by atoms with Crippen molar-refractivity contribution in [3.63, 3.8) is 0 Å². The number of thioether (sulfide) groups is 1. The summed E-state index contributed by atoms with van der Waals surface area (Å²) >= 11 is 1.53. The minimum Gasteiger partial charge on any atom is -0.477 e. The molecular weight excluding hydrogens is 266 g/mol. The number of carboxylic acids is 1. The van der Waals surface area contributed by atoms with Crippen molar-refractivity contribution >= 4 is 23.6 Å². The lowest BCUT2D eigenvalue weighted by atomic mass is 9.83. The minimum atomic E-state index is -1.04. The largest absolute Gasteiger partial charge is 0.477 e. The van der Waals surface area contributed by atoms with Crippen LogP contribution in [0.4, 0.5) is 0 Å². The molecule has 6 heteroatoms. The van der Waals surface area contributed by atoms with Crippen LogP contribution in [-0.4, -0.2) is 44.9 Å². The van der Waals surface area contributed by atoms with E-state index in [9.17, 15) is 19.8 Å². The molecule has 2 rings (SSSR count). The molecule has 2 aliphatic heterocycles. The van der Waals surface area contributed by atoms with Gasteiger partial charge in [0.15, 0.2) is 0 Å². The molecule has 0 spiro atoms. The van der Waals surface area contributed by atoms with E-state index in [0.717, 1.165) is 23.5 Å². The molecular formula is C13H19NO4S. The normalized spacial score (nSPS) is 27.3. The van der Waals surface area contributed by atoms with Gasteiger partial charge in [-0.3, -0.25) is 4.79 Å². The van der Waals surface area contributed by atoms with Gasteiger partial charge in [-0.2, -0.15) is 0 Å². The number of β-lactam (4-membered cyclic amide) rings is 1. The second-order valence-corrected chi connectivity index (χ2v) is 6.21. The third-order valence-electron chi connectivity index (χ3n) is 3.66. The lowest BCUT2D eigenvalue weighted by Crippen LogP contribution is -2.61. The number of fused-ring (bicyclic) bond motifs is 1. The van der Waals surface area contributed by atoms with Crippen molar-refractivity contribution in [2.75, 3.05) is 5.75 Å². The first-order chi connectivity index (χ1) is 8.99. The number of rotatable bonds is 6. The van der Waals surface area contributed by atoms with Crippen LogP contribution in [0.5, 0.6) is 0 Å². The first kappa shape index (κ1) is 14.4. The lowest BCUT2D eigenvalue weighted by molar-refractivity contribution is -0.161. The average Bonchev–Trinajstić information content (AvgIpc) is 2.64. The fourth-order valence-electron chi connectivity index (χ4n) is 2.70. The van der Waals surface area contributed by atoms with E-state index in [4.69, 9.17) is 0 Å². The number of unbranched alkanes of at least 4 members (excludes halogenated alkanes) is 1. The maximum Gasteiger partial charge on any atom is 0.353 e. The van der Waals surface area contributed by atoms with Crippen LogP contribution in [0.3, 0.4) is 0 Å². The monoisotopic (exact) mass is 285 g/mol. The number of carbonyl (C=O) groups is 2. The molecule has 1 saturated heterocycles. The van der Waals surface area contributed by atoms with Crippen molar-refractivity contribution in [2.45, 2.75) is 45.3 Å². The first-order valence-corrected chi connectivity index (χ1v) is 7.58. The van der Waals surface area contributed by atoms with Gasteiger partial charge >= 0.3 is 5.97 Å². The smallest absolute Gasteiger partial charge is 0.353 e. The molecule has 19 heavy (non-hydrogen) atoms. The minimum absolute atomic E-state index is 0.132. The van der Waals surface area contributed by atoms with Gasteiger partial charge in [0.25, 0.3) is 0 Å². The van der Waals surface area contributed by atoms with Crippen LogP contribution in [0, 0.1) is 5.92 Å². The van der Waals surface area contributed by atoms with Crippen molar-refractivity contribution in [1.29, 1.82) is 0 Å². The Bertz CT molecular complexity index is 432. The Kier molecular flexibility index (Phi) is 4.20. The predicted octanol–water partition coefficient (Wildman–Crippen LogP) is 1.43. The molecule has 3 atom stereocenters. The highest BCUT2D eigenvalue weighted by Crippen LogP contribution is 2.47. The van der Waals surface area contributed by atoms with E-state index < -0.39 is 18.0 Å². The molecule has 0 bridgehead atoms. The molecule has 1 fully saturated rings. The number of aliphatic carboxylic acids is 1. The summed E-state index contributed by atoms with van der Waals surface area (Å²) in [5, 5.41) is 18.9. The molecule has 106 valence electrons. The summed E-state index contributed by atoms with van der Waals surface area (Å²) in [6.45, 7) is 3.67. The van der Waals surface area contributed by atoms with Crippen molar-refractivity contribution in [2.24, 2.45) is 5.92 Å². The standard InChI is InChI=1S/C13H19NO4S/c1-3-4-5-19-9-6-8-10(7(2)15)12(16)14(8)11(9)13(17)18/h7-8,10,15H,3-6H2,1-2H3,(H,17,18). The number of carbonyl (C=O) groups excluding carboxylic acids is 1. The number of aliphatic hydroxyl groups excluding tert-OH is 1. The molecule has 0 saturated carbocycles. The van der Waals surface area contributed by atoms with E-state index in [2.05, 4.69) is 6.92 Å². The number of nitrogens with zero attached hydrogens (tertiary/aromatic N) is 1. The Hall–Kier alpha value is -1.01. The second-order valence-electron chi connectivity index (χ2n) is 5.03. The Morgan fingerprint density at radius 1 is 1.58 bits per heavy atom. The Labute approximate surface area is 116 Å². The molecule has 1 amide bonds. The summed E-state index contributed by atoms with van der Waals surface area (Å²) in [7, 11) is 0. The Morgan fingerprint density at radius 2 is 2.26 bits per heavy atom. The zero-order valence-electron chi connectivity index (χ0n) is 11.1. The van der Waals surface area contributed by atoms with Gasteiger partial charge in [-0.25, -0.2) is 4.79 Å². The van der Waals surface area contributed by atoms with Gasteiger partial charge in [-0.15, -0.1) is 11.8 Å². The first-order valence-electron chi connectivity index (χ1n) is 6.59. The van der Waals surface area contributed by atoms with Gasteiger partial charge in [0.1, 0.15) is 5.70 Å². The maximum absolute atomic E-state index is 11.9. The highest BCUT2D eigenvalue weighted by Gasteiger charge is 2.56. The van der Waals surface area contributed by atoms with Gasteiger partial charge in [0, 0.05) is 11.3 Å². The summed E-state index contributed by atoms with van der Waals surface area (Å²) in [4.78, 5) is 25.4. The van der Waals surface area contributed by atoms with E-state index in [0.29, 0.717) is 6.42 Å². The Morgan fingerprint density at radius 3 is 2.79 bits per heavy atom. The molecule has 2 aliphatic rings. The number of carboxylic acid groups (broad SMARTS) is 1. The summed E-state index contributed by atoms with van der Waals surface area (Å²) < 4.78 is 0. The topological polar surface area (TPSA) is 77.8 Å². The fourth-order valence-corrected chi connectivity index (χ4v) is 3.99. The van der Waals surface area contributed by atoms with Crippen molar-refractivity contribution in [1.82, 2.24) is 4.90 Å². The van der Waals surface area contributed by atoms with Crippen molar-refractivity contribution < 1.29 is 19.8 Å². The predicted molar refractivity (Wildman–Crippen MR) is 72.4 cm³/mol. The molecule has 0 aromatic heterocycles. The van der Waals surface area contributed by atoms with Crippen LogP contribution in [0.25, 0.3) is 0 Å². The summed E-state index contributed by atoms with van der Waals surface area (Å²) in [5.41, 5.74) is 0.132. The third kappa shape index (κ3) is 2.39. The van der Waals surface area contributed by atoms with Gasteiger partial charge in [0.05, 0.1) is 18.1 Å². The summed E-state index contributed by atoms with van der Waals surface area (Å²) in [6, 6.07) is -0.164. The van der Waals surface area contributed by atoms with E-state index in [1.807, 2.05) is 0 Å². The Balaban J connectivity index is 2.14. The molecule has 2 heterocycles. The van der Waals surface area contributed by atoms with Crippen molar-refractivity contribution in [3.05, 3.63) is 10.6 Å². The van der Waals surface area contributed by atoms with Crippen LogP contribution in [0.1, 0.15) is 33.1 Å². The number of hydrogen-bond acceptors (Lipinski definition) is 4. The van der Waals surface area contributed by atoms with Crippen LogP contribution < -0.4 is 0 Å². The number of hydrogen-bond donors (Lipinski definition) is 2. The average molecular weight is 285 g/mol. The molecule has 0 aromatic carbocycles. The van der Waals surface area contributed by atoms with Crippen molar-refractivity contribution in [3.8, 4) is 0 Å². The molecule has 0 aromatic rings. The van der Waals surface area contributed by atoms with Crippen LogP contribution in [0.15, 0.2) is 10.6 Å². The van der Waals surface area contributed by atoms with Gasteiger partial charge in [0.2, 0.25) is 5.91 Å². The van der Waals surface area contributed by atoms with E-state index in [1.54, 1.807) is 6.92 Å². The van der Waals surface area contributed by atoms with Gasteiger partial charge in [-0.05, 0) is 19.1 Å². The van der Waals surface area contributed by atoms with E-state index in [1.165, 1.54) is 16.7 Å².